The number of hydrogen-bond donors (Lipinski definition) is 2. The number of nitrogens with one attached hydrogen (secondary N) is 1. The molecular weight excluding hydrogens is 212 g/mol. The molecule has 0 radical (unpaired) electrons. The number of rotatable bonds is 3. The Labute approximate surface area is 103 Å². The molecule has 0 aromatic carbocycles. The van der Waals surface area contributed by atoms with Gasteiger partial charge in [-0.25, -0.2) is 15.8 Å². The van der Waals surface area contributed by atoms with Gasteiger partial charge >= 0.3 is 0 Å². The van der Waals surface area contributed by atoms with Crippen molar-refractivity contribution in [2.75, 3.05) is 5.43 Å². The summed E-state index contributed by atoms with van der Waals surface area (Å²) in [5.41, 5.74) is 3.72. The van der Waals surface area contributed by atoms with E-state index in [1.54, 1.807) is 0 Å². The molecule has 4 heteroatoms. The molecule has 0 saturated heterocycles. The van der Waals surface area contributed by atoms with Gasteiger partial charge in [0.25, 0.3) is 0 Å². The molecular formula is C13H22N4. The lowest BCUT2D eigenvalue weighted by atomic mass is 9.99. The predicted molar refractivity (Wildman–Crippen MR) is 69.7 cm³/mol. The second kappa shape index (κ2) is 5.96. The number of nitrogens with zero attached hydrogens (tertiary/aromatic N) is 2. The first-order valence-corrected chi connectivity index (χ1v) is 6.68. The Hall–Kier alpha value is -1.16. The van der Waals surface area contributed by atoms with E-state index < -0.39 is 0 Å². The van der Waals surface area contributed by atoms with E-state index in [0.29, 0.717) is 5.92 Å². The minimum atomic E-state index is 0.524. The number of aromatic nitrogens is 2. The zero-order valence-corrected chi connectivity index (χ0v) is 10.6. The third-order valence-electron chi connectivity index (χ3n) is 3.53. The monoisotopic (exact) mass is 234 g/mol. The van der Waals surface area contributed by atoms with Gasteiger partial charge in [-0.15, -0.1) is 0 Å². The van der Waals surface area contributed by atoms with Gasteiger partial charge in [-0.2, -0.15) is 0 Å². The Morgan fingerprint density at radius 2 is 1.94 bits per heavy atom. The van der Waals surface area contributed by atoms with Gasteiger partial charge in [0.1, 0.15) is 11.6 Å². The van der Waals surface area contributed by atoms with Gasteiger partial charge in [-0.1, -0.05) is 32.6 Å². The van der Waals surface area contributed by atoms with Crippen molar-refractivity contribution in [1.29, 1.82) is 0 Å². The summed E-state index contributed by atoms with van der Waals surface area (Å²) in [6, 6.07) is 1.93. The van der Waals surface area contributed by atoms with E-state index in [1.807, 2.05) is 6.07 Å². The van der Waals surface area contributed by atoms with E-state index in [-0.39, 0.29) is 0 Å². The second-order valence-electron chi connectivity index (χ2n) is 4.79. The van der Waals surface area contributed by atoms with Crippen LogP contribution in [0.1, 0.15) is 62.9 Å². The molecule has 1 saturated carbocycles. The molecule has 4 nitrogen and oxygen atoms in total. The van der Waals surface area contributed by atoms with E-state index in [1.165, 1.54) is 38.5 Å². The molecule has 17 heavy (non-hydrogen) atoms. The topological polar surface area (TPSA) is 63.8 Å². The van der Waals surface area contributed by atoms with Crippen LogP contribution in [0.5, 0.6) is 0 Å². The molecule has 94 valence electrons. The number of nitrogen functional groups attached to an aromatic ring is 1. The van der Waals surface area contributed by atoms with Crippen LogP contribution in [0.3, 0.4) is 0 Å². The highest BCUT2D eigenvalue weighted by atomic mass is 15.3. The average Bonchev–Trinajstić information content (AvgIpc) is 2.67. The molecule has 0 aliphatic heterocycles. The van der Waals surface area contributed by atoms with Crippen molar-refractivity contribution >= 4 is 5.82 Å². The van der Waals surface area contributed by atoms with Gasteiger partial charge in [0.05, 0.1) is 0 Å². The molecule has 2 rings (SSSR count). The fourth-order valence-corrected chi connectivity index (χ4v) is 2.49. The van der Waals surface area contributed by atoms with Crippen LogP contribution in [0.25, 0.3) is 0 Å². The lowest BCUT2D eigenvalue weighted by Gasteiger charge is -2.14. The SMILES string of the molecule is CCc1cc(NN)nc(C2CCCCCC2)n1. The fraction of sp³-hybridized carbons (Fsp3) is 0.692. The van der Waals surface area contributed by atoms with Gasteiger partial charge < -0.3 is 5.43 Å². The average molecular weight is 234 g/mol. The summed E-state index contributed by atoms with van der Waals surface area (Å²) in [5, 5.41) is 0. The third kappa shape index (κ3) is 3.16. The molecule has 0 spiro atoms. The van der Waals surface area contributed by atoms with Crippen molar-refractivity contribution in [3.05, 3.63) is 17.6 Å². The third-order valence-corrected chi connectivity index (χ3v) is 3.53. The van der Waals surface area contributed by atoms with E-state index in [4.69, 9.17) is 5.84 Å². The summed E-state index contributed by atoms with van der Waals surface area (Å²) >= 11 is 0. The predicted octanol–water partition coefficient (Wildman–Crippen LogP) is 2.76. The Morgan fingerprint density at radius 3 is 2.53 bits per heavy atom. The molecule has 0 amide bonds. The van der Waals surface area contributed by atoms with Crippen LogP contribution < -0.4 is 11.3 Å². The smallest absolute Gasteiger partial charge is 0.143 e. The van der Waals surface area contributed by atoms with Crippen LogP contribution >= 0.6 is 0 Å². The largest absolute Gasteiger partial charge is 0.308 e. The molecule has 0 unspecified atom stereocenters. The number of hydrogen-bond acceptors (Lipinski definition) is 4. The number of aryl methyl sites for hydroxylation is 1. The van der Waals surface area contributed by atoms with E-state index in [2.05, 4.69) is 22.3 Å². The number of anilines is 1. The molecule has 0 bridgehead atoms. The first-order valence-electron chi connectivity index (χ1n) is 6.68. The molecule has 1 aromatic rings. The van der Waals surface area contributed by atoms with Crippen molar-refractivity contribution < 1.29 is 0 Å². The quantitative estimate of drug-likeness (QED) is 0.479. The van der Waals surface area contributed by atoms with Crippen LogP contribution in [-0.2, 0) is 6.42 Å². The van der Waals surface area contributed by atoms with Crippen LogP contribution in [-0.4, -0.2) is 9.97 Å². The van der Waals surface area contributed by atoms with Gasteiger partial charge in [0.15, 0.2) is 0 Å². The zero-order chi connectivity index (χ0) is 12.1. The highest BCUT2D eigenvalue weighted by molar-refractivity contribution is 5.35. The molecule has 0 atom stereocenters. The summed E-state index contributed by atoms with van der Waals surface area (Å²) in [7, 11) is 0. The maximum atomic E-state index is 5.46. The highest BCUT2D eigenvalue weighted by Gasteiger charge is 2.18. The van der Waals surface area contributed by atoms with Crippen molar-refractivity contribution in [3.63, 3.8) is 0 Å². The van der Waals surface area contributed by atoms with Crippen molar-refractivity contribution in [2.45, 2.75) is 57.8 Å². The lowest BCUT2D eigenvalue weighted by Crippen LogP contribution is -2.13. The van der Waals surface area contributed by atoms with E-state index >= 15 is 0 Å². The summed E-state index contributed by atoms with van der Waals surface area (Å²) in [4.78, 5) is 9.18. The van der Waals surface area contributed by atoms with E-state index in [9.17, 15) is 0 Å². The zero-order valence-electron chi connectivity index (χ0n) is 10.6. The maximum Gasteiger partial charge on any atom is 0.143 e. The normalized spacial score (nSPS) is 17.8. The highest BCUT2D eigenvalue weighted by Crippen LogP contribution is 2.30. The van der Waals surface area contributed by atoms with Gasteiger partial charge in [0, 0.05) is 17.7 Å². The first-order chi connectivity index (χ1) is 8.33. The minimum Gasteiger partial charge on any atom is -0.308 e. The van der Waals surface area contributed by atoms with Crippen molar-refractivity contribution in [3.8, 4) is 0 Å². The Morgan fingerprint density at radius 1 is 1.24 bits per heavy atom. The summed E-state index contributed by atoms with van der Waals surface area (Å²) in [6.07, 6.45) is 8.68. The molecule has 1 heterocycles. The Balaban J connectivity index is 2.22. The molecule has 1 aromatic heterocycles. The van der Waals surface area contributed by atoms with E-state index in [0.717, 1.165) is 23.8 Å². The van der Waals surface area contributed by atoms with Gasteiger partial charge in [-0.3, -0.25) is 0 Å². The van der Waals surface area contributed by atoms with Crippen LogP contribution in [0.2, 0.25) is 0 Å². The summed E-state index contributed by atoms with van der Waals surface area (Å²) < 4.78 is 0. The van der Waals surface area contributed by atoms with Crippen molar-refractivity contribution in [1.82, 2.24) is 9.97 Å². The first kappa shape index (κ1) is 12.3. The molecule has 1 aliphatic carbocycles. The molecule has 3 N–H and O–H groups in total. The maximum absolute atomic E-state index is 5.46. The minimum absolute atomic E-state index is 0.524. The summed E-state index contributed by atoms with van der Waals surface area (Å²) in [5.74, 6) is 7.72. The number of nitrogens with two attached hydrogens (primary N) is 1. The lowest BCUT2D eigenvalue weighted by molar-refractivity contribution is 0.558. The number of hydrazine groups is 1. The summed E-state index contributed by atoms with van der Waals surface area (Å²) in [6.45, 7) is 2.11. The Kier molecular flexibility index (Phi) is 4.31. The van der Waals surface area contributed by atoms with Crippen LogP contribution in [0, 0.1) is 0 Å². The van der Waals surface area contributed by atoms with Crippen LogP contribution in [0.4, 0.5) is 5.82 Å². The second-order valence-corrected chi connectivity index (χ2v) is 4.79. The molecule has 1 aliphatic rings. The van der Waals surface area contributed by atoms with Crippen molar-refractivity contribution in [2.24, 2.45) is 5.84 Å². The van der Waals surface area contributed by atoms with Gasteiger partial charge in [0.2, 0.25) is 0 Å². The standard InChI is InChI=1S/C13H22N4/c1-2-11-9-12(17-14)16-13(15-11)10-7-5-3-4-6-8-10/h9-10H,2-8,14H2,1H3,(H,15,16,17). The van der Waals surface area contributed by atoms with Crippen LogP contribution in [0.15, 0.2) is 6.07 Å². The Bertz CT molecular complexity index is 334. The fourth-order valence-electron chi connectivity index (χ4n) is 2.49. The molecule has 1 fully saturated rings. The van der Waals surface area contributed by atoms with Gasteiger partial charge in [-0.05, 0) is 19.3 Å².